The molecule has 1 amide bonds. The molecule has 1 fully saturated rings. The maximum absolute atomic E-state index is 14.1. The van der Waals surface area contributed by atoms with E-state index in [-0.39, 0.29) is 17.4 Å². The Balaban J connectivity index is 1.52. The Morgan fingerprint density at radius 3 is 2.48 bits per heavy atom. The van der Waals surface area contributed by atoms with Crippen molar-refractivity contribution in [3.05, 3.63) is 58.9 Å². The molecule has 0 bridgehead atoms. The van der Waals surface area contributed by atoms with Crippen LogP contribution in [0.3, 0.4) is 0 Å². The van der Waals surface area contributed by atoms with Crippen LogP contribution >= 0.6 is 23.4 Å². The lowest BCUT2D eigenvalue weighted by molar-refractivity contribution is -0.128. The summed E-state index contributed by atoms with van der Waals surface area (Å²) in [6, 6.07) is 12.0. The number of carbonyl (C=O) groups excluding carboxylic acids is 2. The Labute approximate surface area is 167 Å². The van der Waals surface area contributed by atoms with Gasteiger partial charge in [0, 0.05) is 47.3 Å². The summed E-state index contributed by atoms with van der Waals surface area (Å²) in [5.74, 6) is -0.487. The number of hydrogen-bond acceptors (Lipinski definition) is 4. The van der Waals surface area contributed by atoms with Crippen molar-refractivity contribution in [2.45, 2.75) is 11.8 Å². The summed E-state index contributed by atoms with van der Waals surface area (Å²) in [4.78, 5) is 28.1. The van der Waals surface area contributed by atoms with Gasteiger partial charge in [-0.1, -0.05) is 23.7 Å². The van der Waals surface area contributed by atoms with Crippen molar-refractivity contribution in [3.63, 3.8) is 0 Å². The zero-order chi connectivity index (χ0) is 19.4. The molecule has 1 heterocycles. The quantitative estimate of drug-likeness (QED) is 0.553. The van der Waals surface area contributed by atoms with Crippen molar-refractivity contribution in [1.29, 1.82) is 0 Å². The number of nitrogens with zero attached hydrogens (tertiary/aromatic N) is 2. The number of rotatable bonds is 5. The number of thioether (sulfide) groups is 1. The van der Waals surface area contributed by atoms with Crippen molar-refractivity contribution in [1.82, 2.24) is 4.90 Å². The summed E-state index contributed by atoms with van der Waals surface area (Å²) in [6.07, 6.45) is 0. The third-order valence-electron chi connectivity index (χ3n) is 4.50. The topological polar surface area (TPSA) is 40.6 Å². The van der Waals surface area contributed by atoms with Gasteiger partial charge >= 0.3 is 0 Å². The Morgan fingerprint density at radius 2 is 1.85 bits per heavy atom. The van der Waals surface area contributed by atoms with Crippen LogP contribution in [0, 0.1) is 5.82 Å². The molecule has 0 spiro atoms. The first-order valence-electron chi connectivity index (χ1n) is 8.65. The molecule has 0 radical (unpaired) electrons. The summed E-state index contributed by atoms with van der Waals surface area (Å²) in [5.41, 5.74) is 1.39. The predicted molar refractivity (Wildman–Crippen MR) is 107 cm³/mol. The van der Waals surface area contributed by atoms with Gasteiger partial charge in [-0.15, -0.1) is 11.8 Å². The molecule has 0 saturated carbocycles. The van der Waals surface area contributed by atoms with Gasteiger partial charge in [-0.3, -0.25) is 9.59 Å². The molecule has 0 unspecified atom stereocenters. The first-order chi connectivity index (χ1) is 12.9. The molecule has 0 atom stereocenters. The van der Waals surface area contributed by atoms with Gasteiger partial charge < -0.3 is 9.80 Å². The van der Waals surface area contributed by atoms with E-state index in [1.165, 1.54) is 13.0 Å². The first-order valence-corrected chi connectivity index (χ1v) is 10.0. The molecule has 1 saturated heterocycles. The van der Waals surface area contributed by atoms with E-state index in [4.69, 9.17) is 11.6 Å². The van der Waals surface area contributed by atoms with Crippen molar-refractivity contribution in [2.24, 2.45) is 0 Å². The van der Waals surface area contributed by atoms with Gasteiger partial charge in [-0.05, 0) is 37.3 Å². The van der Waals surface area contributed by atoms with Gasteiger partial charge in [0.1, 0.15) is 5.82 Å². The highest BCUT2D eigenvalue weighted by Gasteiger charge is 2.21. The molecule has 0 N–H and O–H groups in total. The zero-order valence-electron chi connectivity index (χ0n) is 15.0. The fourth-order valence-electron chi connectivity index (χ4n) is 2.95. The third kappa shape index (κ3) is 5.02. The Bertz CT molecular complexity index is 854. The first kappa shape index (κ1) is 19.7. The lowest BCUT2D eigenvalue weighted by atomic mass is 10.1. The third-order valence-corrected chi connectivity index (χ3v) is 5.76. The van der Waals surface area contributed by atoms with Crippen LogP contribution in [-0.4, -0.2) is 48.5 Å². The molecule has 2 aromatic carbocycles. The predicted octanol–water partition coefficient (Wildman–Crippen LogP) is 4.12. The van der Waals surface area contributed by atoms with Crippen LogP contribution in [-0.2, 0) is 4.79 Å². The minimum absolute atomic E-state index is 0.0132. The summed E-state index contributed by atoms with van der Waals surface area (Å²) >= 11 is 7.20. The number of Topliss-reactive ketones (excluding diaryl/α,β-unsaturated/α-hetero) is 1. The molecular weight excluding hydrogens is 387 g/mol. The van der Waals surface area contributed by atoms with Crippen LogP contribution in [0.15, 0.2) is 47.4 Å². The maximum Gasteiger partial charge on any atom is 0.233 e. The second-order valence-corrected chi connectivity index (χ2v) is 7.79. The molecule has 27 heavy (non-hydrogen) atoms. The summed E-state index contributed by atoms with van der Waals surface area (Å²) in [6.45, 7) is 4.11. The van der Waals surface area contributed by atoms with E-state index in [1.54, 1.807) is 17.0 Å². The van der Waals surface area contributed by atoms with E-state index >= 15 is 0 Å². The van der Waals surface area contributed by atoms with Crippen LogP contribution in [0.25, 0.3) is 0 Å². The van der Waals surface area contributed by atoms with Crippen molar-refractivity contribution >= 4 is 40.7 Å². The standard InChI is InChI=1S/C20H20ClFN2O2S/c1-14(25)15-5-6-19(18(22)11-15)27-13-20(26)24-9-7-23(8-10-24)17-4-2-3-16(21)12-17/h2-6,11-12H,7-10,13H2,1H3. The van der Waals surface area contributed by atoms with Gasteiger partial charge in [0.25, 0.3) is 0 Å². The van der Waals surface area contributed by atoms with Gasteiger partial charge in [0.15, 0.2) is 5.78 Å². The number of carbonyl (C=O) groups is 2. The smallest absolute Gasteiger partial charge is 0.233 e. The number of amides is 1. The molecule has 142 valence electrons. The molecule has 0 aliphatic carbocycles. The zero-order valence-corrected chi connectivity index (χ0v) is 16.5. The Kier molecular flexibility index (Phi) is 6.39. The monoisotopic (exact) mass is 406 g/mol. The highest BCUT2D eigenvalue weighted by molar-refractivity contribution is 8.00. The molecule has 7 heteroatoms. The molecule has 2 aromatic rings. The SMILES string of the molecule is CC(=O)c1ccc(SCC(=O)N2CCN(c3cccc(Cl)c3)CC2)c(F)c1. The average Bonchev–Trinajstić information content (AvgIpc) is 2.66. The van der Waals surface area contributed by atoms with Crippen molar-refractivity contribution < 1.29 is 14.0 Å². The molecule has 0 aromatic heterocycles. The summed E-state index contributed by atoms with van der Waals surface area (Å²) in [7, 11) is 0. The number of anilines is 1. The van der Waals surface area contributed by atoms with Crippen LogP contribution < -0.4 is 4.90 Å². The maximum atomic E-state index is 14.1. The van der Waals surface area contributed by atoms with E-state index < -0.39 is 5.82 Å². The number of piperazine rings is 1. The lowest BCUT2D eigenvalue weighted by Crippen LogP contribution is -2.49. The molecule has 1 aliphatic heterocycles. The van der Waals surface area contributed by atoms with Crippen molar-refractivity contribution in [2.75, 3.05) is 36.8 Å². The highest BCUT2D eigenvalue weighted by atomic mass is 35.5. The Morgan fingerprint density at radius 1 is 1.11 bits per heavy atom. The van der Waals surface area contributed by atoms with Crippen LogP contribution in [0.1, 0.15) is 17.3 Å². The minimum Gasteiger partial charge on any atom is -0.368 e. The Hall–Kier alpha value is -2.05. The van der Waals surface area contributed by atoms with Crippen molar-refractivity contribution in [3.8, 4) is 0 Å². The second kappa shape index (κ2) is 8.76. The van der Waals surface area contributed by atoms with Gasteiger partial charge in [0.05, 0.1) is 5.75 Å². The molecule has 4 nitrogen and oxygen atoms in total. The number of hydrogen-bond donors (Lipinski definition) is 0. The second-order valence-electron chi connectivity index (χ2n) is 6.34. The van der Waals surface area contributed by atoms with E-state index in [0.29, 0.717) is 28.6 Å². The number of benzene rings is 2. The number of ketones is 1. The molecular formula is C20H20ClFN2O2S. The van der Waals surface area contributed by atoms with E-state index in [1.807, 2.05) is 24.3 Å². The lowest BCUT2D eigenvalue weighted by Gasteiger charge is -2.36. The van der Waals surface area contributed by atoms with Gasteiger partial charge in [0.2, 0.25) is 5.91 Å². The largest absolute Gasteiger partial charge is 0.368 e. The molecule has 1 aliphatic rings. The van der Waals surface area contributed by atoms with Crippen LogP contribution in [0.5, 0.6) is 0 Å². The minimum atomic E-state index is -0.466. The summed E-state index contributed by atoms with van der Waals surface area (Å²) < 4.78 is 14.1. The number of halogens is 2. The molecule has 3 rings (SSSR count). The van der Waals surface area contributed by atoms with Crippen LogP contribution in [0.2, 0.25) is 5.02 Å². The van der Waals surface area contributed by atoms with E-state index in [2.05, 4.69) is 4.90 Å². The van der Waals surface area contributed by atoms with Gasteiger partial charge in [-0.25, -0.2) is 4.39 Å². The average molecular weight is 407 g/mol. The normalized spacial score (nSPS) is 14.3. The van der Waals surface area contributed by atoms with Gasteiger partial charge in [-0.2, -0.15) is 0 Å². The summed E-state index contributed by atoms with van der Waals surface area (Å²) in [5, 5.41) is 0.695. The fraction of sp³-hybridized carbons (Fsp3) is 0.300. The van der Waals surface area contributed by atoms with E-state index in [9.17, 15) is 14.0 Å². The fourth-order valence-corrected chi connectivity index (χ4v) is 3.96. The van der Waals surface area contributed by atoms with E-state index in [0.717, 1.165) is 30.5 Å². The van der Waals surface area contributed by atoms with Crippen LogP contribution in [0.4, 0.5) is 10.1 Å². The highest BCUT2D eigenvalue weighted by Crippen LogP contribution is 2.24.